The van der Waals surface area contributed by atoms with Gasteiger partial charge in [-0.15, -0.1) is 0 Å². The van der Waals surface area contributed by atoms with E-state index in [2.05, 4.69) is 116 Å². The Balaban J connectivity index is 1.89. The molecule has 114 valence electrons. The largest absolute Gasteiger partial charge is 0.0902 e. The summed E-state index contributed by atoms with van der Waals surface area (Å²) >= 11 is 14.9. The Morgan fingerprint density at radius 3 is 1.20 bits per heavy atom. The van der Waals surface area contributed by atoms with Crippen LogP contribution in [0.1, 0.15) is 40.5 Å². The molecule has 0 bridgehead atoms. The molecule has 2 fully saturated rings. The van der Waals surface area contributed by atoms with Gasteiger partial charge < -0.3 is 0 Å². The van der Waals surface area contributed by atoms with Gasteiger partial charge in [-0.05, 0) is 24.7 Å². The van der Waals surface area contributed by atoms with E-state index in [0.717, 1.165) is 12.8 Å². The van der Waals surface area contributed by atoms with Crippen LogP contribution in [0.3, 0.4) is 0 Å². The molecule has 2 aliphatic carbocycles. The van der Waals surface area contributed by atoms with Crippen molar-refractivity contribution in [2.24, 2.45) is 22.7 Å². The van der Waals surface area contributed by atoms with Gasteiger partial charge in [0.15, 0.2) is 0 Å². The quantitative estimate of drug-likeness (QED) is 0.260. The highest BCUT2D eigenvalue weighted by Crippen LogP contribution is 2.68. The third kappa shape index (κ3) is 3.49. The van der Waals surface area contributed by atoms with E-state index in [0.29, 0.717) is 11.8 Å². The van der Waals surface area contributed by atoms with Crippen LogP contribution in [0.4, 0.5) is 0 Å². The van der Waals surface area contributed by atoms with E-state index >= 15 is 0 Å². The molecule has 2 rings (SSSR count). The molecule has 0 saturated heterocycles. The van der Waals surface area contributed by atoms with Crippen molar-refractivity contribution in [3.05, 3.63) is 24.3 Å². The molecule has 0 aromatic carbocycles. The first-order valence-electron chi connectivity index (χ1n) is 7.07. The first-order valence-corrected chi connectivity index (χ1v) is 10.2. The van der Waals surface area contributed by atoms with Crippen LogP contribution >= 0.6 is 63.7 Å². The molecular weight excluding hydrogens is 512 g/mol. The van der Waals surface area contributed by atoms with Crippen LogP contribution in [0.2, 0.25) is 0 Å². The van der Waals surface area contributed by atoms with Gasteiger partial charge in [-0.2, -0.15) is 0 Å². The lowest BCUT2D eigenvalue weighted by molar-refractivity contribution is 0.545. The Morgan fingerprint density at radius 1 is 0.750 bits per heavy atom. The molecule has 0 aromatic heterocycles. The highest BCUT2D eigenvalue weighted by Gasteiger charge is 2.60. The molecule has 0 nitrogen and oxygen atoms in total. The van der Waals surface area contributed by atoms with E-state index in [-0.39, 0.29) is 17.3 Å². The highest BCUT2D eigenvalue weighted by atomic mass is 79.9. The second kappa shape index (κ2) is 5.49. The van der Waals surface area contributed by atoms with Crippen molar-refractivity contribution in [1.82, 2.24) is 0 Å². The number of hydrogen-bond donors (Lipinski definition) is 0. The zero-order valence-corrected chi connectivity index (χ0v) is 18.7. The van der Waals surface area contributed by atoms with E-state index in [9.17, 15) is 0 Å². The second-order valence-electron chi connectivity index (χ2n) is 7.03. The molecule has 2 aliphatic rings. The molecule has 0 amide bonds. The van der Waals surface area contributed by atoms with Crippen molar-refractivity contribution in [3.8, 4) is 0 Å². The minimum atomic E-state index is 0.120. The SMILES string of the molecule is C[C@H](/C=C/C1(C)CC1(Br)Br)[C@@H](C)/C=C/C1(C)CC1(Br)Br. The maximum atomic E-state index is 3.71. The molecule has 0 aromatic rings. The number of rotatable bonds is 5. The summed E-state index contributed by atoms with van der Waals surface area (Å²) in [6, 6.07) is 0. The van der Waals surface area contributed by atoms with E-state index < -0.39 is 0 Å². The first-order chi connectivity index (χ1) is 8.93. The highest BCUT2D eigenvalue weighted by molar-refractivity contribution is 9.26. The smallest absolute Gasteiger partial charge is 0.0845 e. The Hall–Kier alpha value is 1.40. The Kier molecular flexibility index (Phi) is 4.87. The molecule has 2 saturated carbocycles. The monoisotopic (exact) mass is 530 g/mol. The van der Waals surface area contributed by atoms with Gasteiger partial charge in [-0.3, -0.25) is 0 Å². The van der Waals surface area contributed by atoms with Crippen LogP contribution in [0.25, 0.3) is 0 Å². The standard InChI is InChI=1S/C16H22Br4/c1-11(5-7-13(3)9-15(13,17)18)12(2)6-8-14(4)10-16(14,19)20/h5-8,11-12H,9-10H2,1-4H3/b7-5+,8-6+/t11-,12+,13?,14?. The summed E-state index contributed by atoms with van der Waals surface area (Å²) in [6.07, 6.45) is 11.8. The zero-order chi connectivity index (χ0) is 15.4. The number of allylic oxidation sites excluding steroid dienone is 4. The van der Waals surface area contributed by atoms with Gasteiger partial charge in [0.05, 0.1) is 6.47 Å². The van der Waals surface area contributed by atoms with Crippen LogP contribution in [0, 0.1) is 22.7 Å². The average molecular weight is 534 g/mol. The molecule has 2 unspecified atom stereocenters. The Morgan fingerprint density at radius 2 is 1.00 bits per heavy atom. The Labute approximate surface area is 156 Å². The molecular formula is C16H22Br4. The first kappa shape index (κ1) is 17.7. The van der Waals surface area contributed by atoms with Crippen molar-refractivity contribution in [2.75, 3.05) is 0 Å². The minimum absolute atomic E-state index is 0.120. The molecule has 0 aliphatic heterocycles. The van der Waals surface area contributed by atoms with Gasteiger partial charge in [0.2, 0.25) is 0 Å². The van der Waals surface area contributed by atoms with Crippen molar-refractivity contribution in [2.45, 2.75) is 47.0 Å². The number of hydrogen-bond acceptors (Lipinski definition) is 0. The van der Waals surface area contributed by atoms with Crippen molar-refractivity contribution in [1.29, 1.82) is 0 Å². The third-order valence-corrected chi connectivity index (χ3v) is 9.71. The molecule has 0 N–H and O–H groups in total. The van der Waals surface area contributed by atoms with E-state index in [1.807, 2.05) is 0 Å². The number of halogens is 4. The number of alkyl halides is 4. The van der Waals surface area contributed by atoms with E-state index in [1.54, 1.807) is 0 Å². The molecule has 4 heteroatoms. The summed E-state index contributed by atoms with van der Waals surface area (Å²) in [5.74, 6) is 1.11. The van der Waals surface area contributed by atoms with Crippen molar-refractivity contribution in [3.63, 3.8) is 0 Å². The van der Waals surface area contributed by atoms with Gasteiger partial charge in [0.1, 0.15) is 0 Å². The molecule has 4 atom stereocenters. The zero-order valence-electron chi connectivity index (χ0n) is 12.4. The normalized spacial score (nSPS) is 41.0. The predicted octanol–water partition coefficient (Wildman–Crippen LogP) is 7.16. The lowest BCUT2D eigenvalue weighted by atomic mass is 9.92. The second-order valence-corrected chi connectivity index (χ2v) is 14.6. The summed E-state index contributed by atoms with van der Waals surface area (Å²) in [5.41, 5.74) is 0.516. The third-order valence-electron chi connectivity index (χ3n) is 4.96. The fourth-order valence-corrected chi connectivity index (χ4v) is 5.13. The van der Waals surface area contributed by atoms with Gasteiger partial charge in [0.25, 0.3) is 0 Å². The van der Waals surface area contributed by atoms with Crippen LogP contribution in [0.15, 0.2) is 24.3 Å². The lowest BCUT2D eigenvalue weighted by Crippen LogP contribution is -2.06. The summed E-state index contributed by atoms with van der Waals surface area (Å²) in [4.78, 5) is 0. The van der Waals surface area contributed by atoms with Crippen LogP contribution in [-0.4, -0.2) is 6.47 Å². The van der Waals surface area contributed by atoms with Gasteiger partial charge in [0, 0.05) is 10.8 Å². The van der Waals surface area contributed by atoms with Crippen LogP contribution in [0.5, 0.6) is 0 Å². The predicted molar refractivity (Wildman–Crippen MR) is 103 cm³/mol. The fourth-order valence-electron chi connectivity index (χ4n) is 2.27. The molecule has 0 radical (unpaired) electrons. The average Bonchev–Trinajstić information content (AvgIpc) is 3.02. The molecule has 0 heterocycles. The Bertz CT molecular complexity index is 409. The van der Waals surface area contributed by atoms with Crippen LogP contribution < -0.4 is 0 Å². The van der Waals surface area contributed by atoms with Crippen LogP contribution in [-0.2, 0) is 0 Å². The summed E-state index contributed by atoms with van der Waals surface area (Å²) in [5, 5.41) is 0. The molecule has 0 spiro atoms. The summed E-state index contributed by atoms with van der Waals surface area (Å²) in [6.45, 7) is 9.17. The summed E-state index contributed by atoms with van der Waals surface area (Å²) < 4.78 is 0.241. The van der Waals surface area contributed by atoms with Crippen molar-refractivity contribution < 1.29 is 0 Å². The van der Waals surface area contributed by atoms with Gasteiger partial charge >= 0.3 is 0 Å². The lowest BCUT2D eigenvalue weighted by Gasteiger charge is -2.15. The van der Waals surface area contributed by atoms with Gasteiger partial charge in [-0.1, -0.05) is 116 Å². The summed E-state index contributed by atoms with van der Waals surface area (Å²) in [7, 11) is 0. The maximum absolute atomic E-state index is 3.71. The van der Waals surface area contributed by atoms with E-state index in [4.69, 9.17) is 0 Å². The topological polar surface area (TPSA) is 0 Å². The fraction of sp³-hybridized carbons (Fsp3) is 0.750. The van der Waals surface area contributed by atoms with Gasteiger partial charge in [-0.25, -0.2) is 0 Å². The van der Waals surface area contributed by atoms with Crippen molar-refractivity contribution >= 4 is 63.7 Å². The minimum Gasteiger partial charge on any atom is -0.0845 e. The maximum Gasteiger partial charge on any atom is 0.0902 e. The molecule has 20 heavy (non-hydrogen) atoms. The van der Waals surface area contributed by atoms with E-state index in [1.165, 1.54) is 0 Å².